The SMILES string of the molecule is CN=CC(=C(N)C(=O)N1CC(F)(F)CC(C)[C@H]1CNc1ccc(C(F)(F)F)cn1)c1cccc(F)c1. The van der Waals surface area contributed by atoms with Crippen molar-refractivity contribution in [2.75, 3.05) is 25.5 Å². The number of halogens is 6. The molecule has 12 heteroatoms. The molecule has 2 aromatic rings. The number of likely N-dealkylation sites (tertiary alicyclic amines) is 1. The van der Waals surface area contributed by atoms with Crippen LogP contribution in [0.3, 0.4) is 0 Å². The third-order valence-corrected chi connectivity index (χ3v) is 5.84. The van der Waals surface area contributed by atoms with Gasteiger partial charge in [0.05, 0.1) is 18.2 Å². The molecule has 0 radical (unpaired) electrons. The maximum absolute atomic E-state index is 14.5. The van der Waals surface area contributed by atoms with Gasteiger partial charge < -0.3 is 16.0 Å². The van der Waals surface area contributed by atoms with E-state index in [0.29, 0.717) is 6.20 Å². The maximum atomic E-state index is 14.5. The first kappa shape index (κ1) is 27.0. The first-order valence-corrected chi connectivity index (χ1v) is 11.0. The van der Waals surface area contributed by atoms with Gasteiger partial charge in [0, 0.05) is 38.0 Å². The Balaban J connectivity index is 1.90. The van der Waals surface area contributed by atoms with Gasteiger partial charge >= 0.3 is 6.18 Å². The minimum atomic E-state index is -4.55. The van der Waals surface area contributed by atoms with E-state index in [1.807, 2.05) is 0 Å². The maximum Gasteiger partial charge on any atom is 0.417 e. The summed E-state index contributed by atoms with van der Waals surface area (Å²) in [6, 6.07) is 6.42. The second-order valence-electron chi connectivity index (χ2n) is 8.57. The fourth-order valence-corrected chi connectivity index (χ4v) is 4.11. The van der Waals surface area contributed by atoms with Gasteiger partial charge in [0.25, 0.3) is 11.8 Å². The summed E-state index contributed by atoms with van der Waals surface area (Å²) >= 11 is 0. The first-order valence-electron chi connectivity index (χ1n) is 11.0. The van der Waals surface area contributed by atoms with Gasteiger partial charge in [-0.1, -0.05) is 19.1 Å². The van der Waals surface area contributed by atoms with E-state index in [0.717, 1.165) is 23.1 Å². The van der Waals surface area contributed by atoms with E-state index in [9.17, 15) is 31.1 Å². The quantitative estimate of drug-likeness (QED) is 0.336. The van der Waals surface area contributed by atoms with Crippen LogP contribution in [0.25, 0.3) is 5.57 Å². The summed E-state index contributed by atoms with van der Waals surface area (Å²) in [7, 11) is 1.41. The summed E-state index contributed by atoms with van der Waals surface area (Å²) < 4.78 is 81.1. The van der Waals surface area contributed by atoms with Crippen molar-refractivity contribution in [2.24, 2.45) is 16.6 Å². The van der Waals surface area contributed by atoms with Crippen LogP contribution in [0.4, 0.5) is 32.2 Å². The number of nitrogens with one attached hydrogen (secondary N) is 1. The molecule has 0 saturated carbocycles. The van der Waals surface area contributed by atoms with Crippen LogP contribution in [0, 0.1) is 11.7 Å². The van der Waals surface area contributed by atoms with Gasteiger partial charge in [0.2, 0.25) is 0 Å². The van der Waals surface area contributed by atoms with Crippen molar-refractivity contribution in [3.63, 3.8) is 0 Å². The number of hydrogen-bond donors (Lipinski definition) is 2. The van der Waals surface area contributed by atoms with Crippen LogP contribution in [0.2, 0.25) is 0 Å². The molecule has 1 aliphatic heterocycles. The second-order valence-corrected chi connectivity index (χ2v) is 8.57. The third-order valence-electron chi connectivity index (χ3n) is 5.84. The van der Waals surface area contributed by atoms with Crippen LogP contribution < -0.4 is 11.1 Å². The molecule has 2 heterocycles. The molecule has 2 atom stereocenters. The Morgan fingerprint density at radius 2 is 2.03 bits per heavy atom. The number of pyridine rings is 1. The number of carbonyl (C=O) groups excluding carboxylic acids is 1. The summed E-state index contributed by atoms with van der Waals surface area (Å²) in [6.45, 7) is 0.565. The molecule has 1 saturated heterocycles. The van der Waals surface area contributed by atoms with Gasteiger partial charge in [0.15, 0.2) is 0 Å². The number of benzene rings is 1. The zero-order chi connectivity index (χ0) is 26.7. The molecule has 1 amide bonds. The molecule has 1 aliphatic rings. The topological polar surface area (TPSA) is 83.6 Å². The van der Waals surface area contributed by atoms with Gasteiger partial charge in [-0.25, -0.2) is 18.2 Å². The number of rotatable bonds is 6. The number of alkyl halides is 5. The summed E-state index contributed by atoms with van der Waals surface area (Å²) in [6.07, 6.45) is -3.16. The monoisotopic (exact) mass is 513 g/mol. The van der Waals surface area contributed by atoms with Crippen LogP contribution in [0.15, 0.2) is 53.3 Å². The van der Waals surface area contributed by atoms with Crippen LogP contribution >= 0.6 is 0 Å². The Bertz CT molecular complexity index is 1150. The number of anilines is 1. The summed E-state index contributed by atoms with van der Waals surface area (Å²) in [5.41, 5.74) is 5.09. The number of aromatic nitrogens is 1. The Morgan fingerprint density at radius 1 is 1.31 bits per heavy atom. The van der Waals surface area contributed by atoms with E-state index < -0.39 is 60.0 Å². The molecule has 1 unspecified atom stereocenters. The van der Waals surface area contributed by atoms with Gasteiger partial charge in [-0.3, -0.25) is 9.79 Å². The molecule has 3 N–H and O–H groups in total. The van der Waals surface area contributed by atoms with Crippen molar-refractivity contribution in [1.82, 2.24) is 9.88 Å². The number of piperidine rings is 1. The average molecular weight is 513 g/mol. The van der Waals surface area contributed by atoms with Gasteiger partial charge in [-0.2, -0.15) is 13.2 Å². The lowest BCUT2D eigenvalue weighted by atomic mass is 9.88. The van der Waals surface area contributed by atoms with Crippen molar-refractivity contribution >= 4 is 23.5 Å². The van der Waals surface area contributed by atoms with Crippen molar-refractivity contribution in [2.45, 2.75) is 31.5 Å². The molecule has 194 valence electrons. The van der Waals surface area contributed by atoms with E-state index in [-0.39, 0.29) is 23.5 Å². The van der Waals surface area contributed by atoms with E-state index in [1.54, 1.807) is 6.92 Å². The number of nitrogens with zero attached hydrogens (tertiary/aromatic N) is 3. The molecular formula is C24H25F6N5O. The normalized spacial score (nSPS) is 20.8. The molecular weight excluding hydrogens is 488 g/mol. The van der Waals surface area contributed by atoms with Crippen LogP contribution in [0.5, 0.6) is 0 Å². The lowest BCUT2D eigenvalue weighted by Crippen LogP contribution is -2.58. The zero-order valence-electron chi connectivity index (χ0n) is 19.5. The molecule has 0 aliphatic carbocycles. The number of amides is 1. The summed E-state index contributed by atoms with van der Waals surface area (Å²) in [5, 5.41) is 2.82. The Morgan fingerprint density at radius 3 is 2.61 bits per heavy atom. The molecule has 3 rings (SSSR count). The predicted molar refractivity (Wildman–Crippen MR) is 124 cm³/mol. The largest absolute Gasteiger partial charge is 0.417 e. The van der Waals surface area contributed by atoms with E-state index in [2.05, 4.69) is 15.3 Å². The number of nitrogens with two attached hydrogens (primary N) is 1. The minimum absolute atomic E-state index is 0.0637. The highest BCUT2D eigenvalue weighted by atomic mass is 19.4. The third kappa shape index (κ3) is 6.35. The van der Waals surface area contributed by atoms with Gasteiger partial charge in [-0.05, 0) is 35.7 Å². The number of allylic oxidation sites excluding steroid dienone is 1. The number of aliphatic imine (C=N–C) groups is 1. The van der Waals surface area contributed by atoms with Crippen molar-refractivity contribution < 1.29 is 31.1 Å². The average Bonchev–Trinajstić information content (AvgIpc) is 2.80. The smallest absolute Gasteiger partial charge is 0.394 e. The van der Waals surface area contributed by atoms with E-state index in [4.69, 9.17) is 5.73 Å². The highest BCUT2D eigenvalue weighted by Gasteiger charge is 2.46. The molecule has 36 heavy (non-hydrogen) atoms. The second kappa shape index (κ2) is 10.6. The number of carbonyl (C=O) groups is 1. The molecule has 0 bridgehead atoms. The molecule has 1 aromatic carbocycles. The Hall–Kier alpha value is -3.57. The molecule has 1 aromatic heterocycles. The molecule has 1 fully saturated rings. The fraction of sp³-hybridized carbons (Fsp3) is 0.375. The van der Waals surface area contributed by atoms with E-state index >= 15 is 0 Å². The number of hydrogen-bond acceptors (Lipinski definition) is 5. The Kier molecular flexibility index (Phi) is 7.95. The predicted octanol–water partition coefficient (Wildman–Crippen LogP) is 4.59. The Labute approximate surface area is 203 Å². The first-order chi connectivity index (χ1) is 16.8. The van der Waals surface area contributed by atoms with Crippen LogP contribution in [-0.4, -0.2) is 54.1 Å². The fourth-order valence-electron chi connectivity index (χ4n) is 4.11. The van der Waals surface area contributed by atoms with Crippen molar-refractivity contribution in [1.29, 1.82) is 0 Å². The highest BCUT2D eigenvalue weighted by Crippen LogP contribution is 2.35. The summed E-state index contributed by atoms with van der Waals surface area (Å²) in [5.74, 6) is -5.27. The zero-order valence-corrected chi connectivity index (χ0v) is 19.5. The van der Waals surface area contributed by atoms with Gasteiger partial charge in [0.1, 0.15) is 17.3 Å². The summed E-state index contributed by atoms with van der Waals surface area (Å²) in [4.78, 5) is 21.9. The van der Waals surface area contributed by atoms with Crippen molar-refractivity contribution in [3.05, 3.63) is 65.2 Å². The lowest BCUT2D eigenvalue weighted by Gasteiger charge is -2.43. The van der Waals surface area contributed by atoms with Gasteiger partial charge in [-0.15, -0.1) is 0 Å². The highest BCUT2D eigenvalue weighted by molar-refractivity contribution is 6.18. The molecule has 6 nitrogen and oxygen atoms in total. The molecule has 0 spiro atoms. The van der Waals surface area contributed by atoms with Crippen LogP contribution in [0.1, 0.15) is 24.5 Å². The van der Waals surface area contributed by atoms with Crippen molar-refractivity contribution in [3.8, 4) is 0 Å². The van der Waals surface area contributed by atoms with E-state index in [1.165, 1.54) is 31.5 Å². The minimum Gasteiger partial charge on any atom is -0.394 e. The van der Waals surface area contributed by atoms with Crippen LogP contribution in [-0.2, 0) is 11.0 Å². The lowest BCUT2D eigenvalue weighted by molar-refractivity contribution is -0.148. The standard InChI is InChI=1S/C24H25F6N5O/c1-14-9-23(26,27)13-35(19(14)12-34-20-7-6-16(10-33-20)24(28,29)30)22(36)21(31)18(11-32-2)15-4-3-5-17(25)8-15/h3-8,10-11,14,19H,9,12-13,31H2,1-2H3,(H,33,34)/t14?,19-/m1/s1.